The summed E-state index contributed by atoms with van der Waals surface area (Å²) in [6.07, 6.45) is -1.07. The van der Waals surface area contributed by atoms with Gasteiger partial charge in [-0.15, -0.1) is 0 Å². The van der Waals surface area contributed by atoms with E-state index in [-0.39, 0.29) is 24.7 Å². The van der Waals surface area contributed by atoms with Crippen molar-refractivity contribution in [1.82, 2.24) is 40.3 Å². The van der Waals surface area contributed by atoms with Crippen molar-refractivity contribution in [1.29, 1.82) is 0 Å². The van der Waals surface area contributed by atoms with E-state index in [9.17, 15) is 18.7 Å². The molecule has 4 aromatic heterocycles. The summed E-state index contributed by atoms with van der Waals surface area (Å²) in [6.45, 7) is 3.79. The normalized spacial score (nSPS) is 11.6. The molecule has 12 nitrogen and oxygen atoms in total. The molecule has 0 aliphatic carbocycles. The van der Waals surface area contributed by atoms with Crippen LogP contribution in [0.15, 0.2) is 109 Å². The molecule has 0 saturated heterocycles. The van der Waals surface area contributed by atoms with Gasteiger partial charge in [0.2, 0.25) is 11.6 Å². The quantitative estimate of drug-likeness (QED) is 0.0994. The summed E-state index contributed by atoms with van der Waals surface area (Å²) in [5, 5.41) is 32.5. The topological polar surface area (TPSA) is 170 Å². The summed E-state index contributed by atoms with van der Waals surface area (Å²) in [5.41, 5.74) is 3.97. The van der Waals surface area contributed by atoms with Crippen LogP contribution in [0.25, 0.3) is 21.8 Å². The zero-order valence-corrected chi connectivity index (χ0v) is 27.8. The van der Waals surface area contributed by atoms with Gasteiger partial charge in [0.05, 0.1) is 11.0 Å². The first-order valence-electron chi connectivity index (χ1n) is 16.1. The first-order valence-corrected chi connectivity index (χ1v) is 16.1. The van der Waals surface area contributed by atoms with Gasteiger partial charge in [0, 0.05) is 41.3 Å². The molecule has 4 heterocycles. The number of para-hydroxylation sites is 2. The van der Waals surface area contributed by atoms with Crippen molar-refractivity contribution >= 4 is 50.9 Å². The highest BCUT2D eigenvalue weighted by Gasteiger charge is 2.19. The van der Waals surface area contributed by atoms with Gasteiger partial charge >= 0.3 is 0 Å². The summed E-state index contributed by atoms with van der Waals surface area (Å²) in [6, 6.07) is 29.5. The van der Waals surface area contributed by atoms with E-state index in [4.69, 9.17) is 0 Å². The Balaban J connectivity index is 0.000000178. The third kappa shape index (κ3) is 7.46. The molecular weight excluding hydrogens is 666 g/mol. The van der Waals surface area contributed by atoms with E-state index in [0.717, 1.165) is 22.2 Å². The molecule has 260 valence electrons. The summed E-state index contributed by atoms with van der Waals surface area (Å²) in [5.74, 6) is 1.34. The molecule has 0 spiro atoms. The number of H-pyrrole nitrogens is 2. The molecule has 0 fully saturated rings. The van der Waals surface area contributed by atoms with Crippen LogP contribution in [0, 0.1) is 25.5 Å². The lowest BCUT2D eigenvalue weighted by Gasteiger charge is -2.13. The maximum atomic E-state index is 13.1. The van der Waals surface area contributed by atoms with Crippen LogP contribution >= 0.6 is 0 Å². The van der Waals surface area contributed by atoms with Crippen molar-refractivity contribution in [2.45, 2.75) is 20.0 Å². The Labute approximate surface area is 296 Å². The smallest absolute Gasteiger partial charge is 0.230 e. The Kier molecular flexibility index (Phi) is 9.36. The van der Waals surface area contributed by atoms with E-state index >= 15 is 0 Å². The Morgan fingerprint density at radius 1 is 0.673 bits per heavy atom. The number of aromatic amines is 2. The van der Waals surface area contributed by atoms with Crippen LogP contribution in [0.1, 0.15) is 46.5 Å². The molecule has 8 aromatic rings. The third-order valence-corrected chi connectivity index (χ3v) is 7.87. The summed E-state index contributed by atoms with van der Waals surface area (Å²) in [7, 11) is 0. The second-order valence-corrected chi connectivity index (χ2v) is 11.8. The minimum Gasteiger partial charge on any atom is -0.380 e. The molecule has 0 saturated carbocycles. The standard InChI is InChI=1S/C19H16FN5O.C19H14FN5O.H2/c2*1-11-10-16(25-24-11)22-18-14-4-2-3-5-15(14)21-19(23-18)17(26)12-6-8-13(20)9-7-12;/h2-10,17,26H,1H3,(H2,21,22,23,24,25);2-10H,1H3,(H2,21,22,23,24,25);1H/t17-;;/m1../s1. The number of ketones is 1. The molecule has 0 radical (unpaired) electrons. The Morgan fingerprint density at radius 3 is 1.71 bits per heavy atom. The molecule has 4 aromatic carbocycles. The summed E-state index contributed by atoms with van der Waals surface area (Å²) < 4.78 is 26.2. The molecule has 0 aliphatic rings. The van der Waals surface area contributed by atoms with Gasteiger partial charge < -0.3 is 15.7 Å². The number of carbonyl (C=O) groups is 1. The highest BCUT2D eigenvalue weighted by molar-refractivity contribution is 6.08. The maximum absolute atomic E-state index is 13.1. The number of benzene rings is 4. The fourth-order valence-electron chi connectivity index (χ4n) is 5.32. The van der Waals surface area contributed by atoms with Crippen LogP contribution in [0.4, 0.5) is 32.1 Å². The fraction of sp³-hybridized carbons (Fsp3) is 0.0789. The van der Waals surface area contributed by atoms with E-state index in [0.29, 0.717) is 45.4 Å². The van der Waals surface area contributed by atoms with Gasteiger partial charge in [0.25, 0.3) is 0 Å². The number of hydrogen-bond acceptors (Lipinski definition) is 10. The number of aromatic nitrogens is 8. The van der Waals surface area contributed by atoms with E-state index in [1.807, 2.05) is 68.4 Å². The van der Waals surface area contributed by atoms with Crippen molar-refractivity contribution in [3.05, 3.63) is 155 Å². The number of carbonyl (C=O) groups excluding carboxylic acids is 1. The average Bonchev–Trinajstić information content (AvgIpc) is 3.77. The van der Waals surface area contributed by atoms with Crippen molar-refractivity contribution in [2.75, 3.05) is 10.6 Å². The third-order valence-electron chi connectivity index (χ3n) is 7.87. The number of aliphatic hydroxyl groups excluding tert-OH is 1. The molecule has 14 heteroatoms. The van der Waals surface area contributed by atoms with Gasteiger partial charge in [-0.3, -0.25) is 15.0 Å². The highest BCUT2D eigenvalue weighted by Crippen LogP contribution is 2.28. The molecule has 52 heavy (non-hydrogen) atoms. The van der Waals surface area contributed by atoms with Crippen molar-refractivity contribution < 1.29 is 20.1 Å². The lowest BCUT2D eigenvalue weighted by atomic mass is 10.1. The molecule has 0 bridgehead atoms. The fourth-order valence-corrected chi connectivity index (χ4v) is 5.32. The van der Waals surface area contributed by atoms with Gasteiger partial charge in [0.1, 0.15) is 29.4 Å². The number of aliphatic hydroxyl groups is 1. The lowest BCUT2D eigenvalue weighted by molar-refractivity contribution is 0.102. The number of nitrogens with one attached hydrogen (secondary N) is 4. The monoisotopic (exact) mass is 698 g/mol. The first-order chi connectivity index (χ1) is 25.2. The average molecular weight is 699 g/mol. The molecule has 8 rings (SSSR count). The Hall–Kier alpha value is -6.93. The molecular formula is C38H32F2N10O2. The molecule has 1 atom stereocenters. The van der Waals surface area contributed by atoms with Crippen LogP contribution in [0.3, 0.4) is 0 Å². The van der Waals surface area contributed by atoms with Gasteiger partial charge in [-0.1, -0.05) is 36.4 Å². The number of halogens is 2. The second kappa shape index (κ2) is 14.5. The van der Waals surface area contributed by atoms with Gasteiger partial charge in [-0.05, 0) is 80.1 Å². The maximum Gasteiger partial charge on any atom is 0.230 e. The van der Waals surface area contributed by atoms with Gasteiger partial charge in [-0.25, -0.2) is 28.7 Å². The molecule has 0 unspecified atom stereocenters. The van der Waals surface area contributed by atoms with Crippen LogP contribution < -0.4 is 10.6 Å². The zero-order chi connectivity index (χ0) is 36.2. The Bertz CT molecular complexity index is 2520. The predicted molar refractivity (Wildman–Crippen MR) is 195 cm³/mol. The minimum absolute atomic E-state index is 0. The number of rotatable bonds is 8. The SMILES string of the molecule is Cc1cc(Nc2nc(C(=O)c3ccc(F)cc3)nc3ccccc23)n[nH]1.Cc1cc(Nc2nc([C@H](O)c3ccc(F)cc3)nc3ccccc23)n[nH]1.[HH]. The van der Waals surface area contributed by atoms with Gasteiger partial charge in [-0.2, -0.15) is 10.2 Å². The molecule has 5 N–H and O–H groups in total. The zero-order valence-electron chi connectivity index (χ0n) is 27.8. The van der Waals surface area contributed by atoms with Gasteiger partial charge in [0.15, 0.2) is 17.5 Å². The number of hydrogen-bond donors (Lipinski definition) is 5. The van der Waals surface area contributed by atoms with Crippen molar-refractivity contribution in [3.8, 4) is 0 Å². The van der Waals surface area contributed by atoms with E-state index in [1.165, 1.54) is 48.5 Å². The minimum atomic E-state index is -1.07. The van der Waals surface area contributed by atoms with E-state index < -0.39 is 11.9 Å². The van der Waals surface area contributed by atoms with Crippen LogP contribution in [0.5, 0.6) is 0 Å². The largest absolute Gasteiger partial charge is 0.380 e. The highest BCUT2D eigenvalue weighted by atomic mass is 19.1. The molecule has 0 aliphatic heterocycles. The van der Waals surface area contributed by atoms with Crippen molar-refractivity contribution in [2.24, 2.45) is 0 Å². The number of nitrogens with zero attached hydrogens (tertiary/aromatic N) is 6. The lowest BCUT2D eigenvalue weighted by Crippen LogP contribution is -2.09. The van der Waals surface area contributed by atoms with Crippen molar-refractivity contribution in [3.63, 3.8) is 0 Å². The number of anilines is 4. The predicted octanol–water partition coefficient (Wildman–Crippen LogP) is 7.65. The van der Waals surface area contributed by atoms with E-state index in [2.05, 4.69) is 51.0 Å². The number of fused-ring (bicyclic) bond motifs is 2. The summed E-state index contributed by atoms with van der Waals surface area (Å²) >= 11 is 0. The Morgan fingerprint density at radius 2 is 1.17 bits per heavy atom. The number of aryl methyl sites for hydroxylation is 2. The second-order valence-electron chi connectivity index (χ2n) is 11.8. The first kappa shape index (κ1) is 33.6. The molecule has 0 amide bonds. The summed E-state index contributed by atoms with van der Waals surface area (Å²) in [4.78, 5) is 30.4. The van der Waals surface area contributed by atoms with Crippen LogP contribution in [-0.4, -0.2) is 51.2 Å². The van der Waals surface area contributed by atoms with E-state index in [1.54, 1.807) is 6.07 Å². The van der Waals surface area contributed by atoms with Crippen LogP contribution in [-0.2, 0) is 0 Å². The van der Waals surface area contributed by atoms with Crippen LogP contribution in [0.2, 0.25) is 0 Å².